The molecule has 0 bridgehead atoms. The monoisotopic (exact) mass is 306 g/mol. The first-order valence-corrected chi connectivity index (χ1v) is 7.48. The summed E-state index contributed by atoms with van der Waals surface area (Å²) in [5.41, 5.74) is 4.49. The van der Waals surface area contributed by atoms with Crippen molar-refractivity contribution in [2.45, 2.75) is 20.4 Å². The lowest BCUT2D eigenvalue weighted by atomic mass is 10.1. The molecule has 23 heavy (non-hydrogen) atoms. The third-order valence-electron chi connectivity index (χ3n) is 3.57. The Morgan fingerprint density at radius 1 is 1.13 bits per heavy atom. The summed E-state index contributed by atoms with van der Waals surface area (Å²) in [6.45, 7) is 4.37. The maximum atomic E-state index is 12.4. The number of aryl methyl sites for hydroxylation is 2. The fourth-order valence-corrected chi connectivity index (χ4v) is 2.60. The van der Waals surface area contributed by atoms with Crippen LogP contribution in [0, 0.1) is 13.8 Å². The van der Waals surface area contributed by atoms with Gasteiger partial charge in [0.2, 0.25) is 0 Å². The smallest absolute Gasteiger partial charge is 0.251 e. The number of aromatic nitrogens is 1. The van der Waals surface area contributed by atoms with Gasteiger partial charge in [0.15, 0.2) is 5.76 Å². The van der Waals surface area contributed by atoms with E-state index in [-0.39, 0.29) is 5.91 Å². The minimum absolute atomic E-state index is 0.0916. The van der Waals surface area contributed by atoms with Crippen molar-refractivity contribution in [1.82, 2.24) is 10.3 Å². The van der Waals surface area contributed by atoms with E-state index in [1.807, 2.05) is 56.3 Å². The largest absolute Gasteiger partial charge is 0.463 e. The van der Waals surface area contributed by atoms with Crippen molar-refractivity contribution in [3.05, 3.63) is 77.2 Å². The quantitative estimate of drug-likeness (QED) is 0.795. The fourth-order valence-electron chi connectivity index (χ4n) is 2.60. The highest BCUT2D eigenvalue weighted by Crippen LogP contribution is 2.21. The van der Waals surface area contributed by atoms with Gasteiger partial charge in [-0.1, -0.05) is 23.3 Å². The molecule has 1 N–H and O–H groups in total. The molecule has 0 aliphatic carbocycles. The molecule has 116 valence electrons. The zero-order valence-corrected chi connectivity index (χ0v) is 13.2. The molecule has 4 nitrogen and oxygen atoms in total. The van der Waals surface area contributed by atoms with Crippen LogP contribution in [0.25, 0.3) is 11.5 Å². The van der Waals surface area contributed by atoms with Crippen LogP contribution in [0.4, 0.5) is 0 Å². The van der Waals surface area contributed by atoms with Crippen molar-refractivity contribution >= 4 is 5.91 Å². The molecule has 0 saturated heterocycles. The molecule has 3 rings (SSSR count). The molecule has 0 aliphatic heterocycles. The number of nitrogens with zero attached hydrogens (tertiary/aromatic N) is 1. The van der Waals surface area contributed by atoms with E-state index < -0.39 is 0 Å². The Morgan fingerprint density at radius 3 is 2.61 bits per heavy atom. The minimum atomic E-state index is -0.0916. The van der Waals surface area contributed by atoms with Gasteiger partial charge in [-0.25, -0.2) is 0 Å². The Kier molecular flexibility index (Phi) is 4.24. The van der Waals surface area contributed by atoms with E-state index >= 15 is 0 Å². The summed E-state index contributed by atoms with van der Waals surface area (Å²) in [6.07, 6.45) is 3.33. The highest BCUT2D eigenvalue weighted by atomic mass is 16.3. The fraction of sp³-hybridized carbons (Fsp3) is 0.158. The first kappa shape index (κ1) is 15.0. The molecule has 3 aromatic rings. The van der Waals surface area contributed by atoms with Crippen molar-refractivity contribution in [1.29, 1.82) is 0 Å². The van der Waals surface area contributed by atoms with Crippen LogP contribution in [0.2, 0.25) is 0 Å². The second-order valence-corrected chi connectivity index (χ2v) is 5.55. The summed E-state index contributed by atoms with van der Waals surface area (Å²) in [7, 11) is 0. The summed E-state index contributed by atoms with van der Waals surface area (Å²) in [5.74, 6) is 0.604. The molecule has 0 unspecified atom stereocenters. The molecule has 1 aromatic carbocycles. The Morgan fingerprint density at radius 2 is 1.91 bits per heavy atom. The third-order valence-corrected chi connectivity index (χ3v) is 3.57. The van der Waals surface area contributed by atoms with Gasteiger partial charge >= 0.3 is 0 Å². The van der Waals surface area contributed by atoms with Gasteiger partial charge < -0.3 is 9.73 Å². The van der Waals surface area contributed by atoms with Crippen molar-refractivity contribution in [3.63, 3.8) is 0 Å². The number of amides is 1. The van der Waals surface area contributed by atoms with Gasteiger partial charge in [0.05, 0.1) is 6.26 Å². The zero-order valence-electron chi connectivity index (χ0n) is 13.2. The summed E-state index contributed by atoms with van der Waals surface area (Å²) >= 11 is 0. The normalized spacial score (nSPS) is 10.5. The molecule has 1 amide bonds. The van der Waals surface area contributed by atoms with Crippen LogP contribution >= 0.6 is 0 Å². The Labute approximate surface area is 135 Å². The molecule has 0 spiro atoms. The number of rotatable bonds is 4. The van der Waals surface area contributed by atoms with E-state index in [2.05, 4.69) is 10.3 Å². The Balaban J connectivity index is 1.77. The van der Waals surface area contributed by atoms with Crippen LogP contribution in [-0.4, -0.2) is 10.9 Å². The van der Waals surface area contributed by atoms with E-state index in [9.17, 15) is 4.79 Å². The number of benzene rings is 1. The maximum Gasteiger partial charge on any atom is 0.251 e. The average molecular weight is 306 g/mol. The van der Waals surface area contributed by atoms with E-state index in [0.717, 1.165) is 22.4 Å². The highest BCUT2D eigenvalue weighted by Gasteiger charge is 2.11. The summed E-state index contributed by atoms with van der Waals surface area (Å²) in [5, 5.41) is 2.95. The molecule has 2 aromatic heterocycles. The SMILES string of the molecule is Cc1cc(C)cc(C(=O)NCc2cccnc2-c2ccco2)c1. The van der Waals surface area contributed by atoms with Crippen LogP contribution in [0.15, 0.2) is 59.3 Å². The summed E-state index contributed by atoms with van der Waals surface area (Å²) < 4.78 is 5.41. The number of nitrogens with one attached hydrogen (secondary N) is 1. The molecular formula is C19H18N2O2. The predicted molar refractivity (Wildman–Crippen MR) is 89.0 cm³/mol. The minimum Gasteiger partial charge on any atom is -0.463 e. The van der Waals surface area contributed by atoms with E-state index in [0.29, 0.717) is 17.9 Å². The standard InChI is InChI=1S/C19H18N2O2/c1-13-9-14(2)11-16(10-13)19(22)21-12-15-5-3-7-20-18(15)17-6-4-8-23-17/h3-11H,12H2,1-2H3,(H,21,22). The van der Waals surface area contributed by atoms with E-state index in [1.54, 1.807) is 12.5 Å². The van der Waals surface area contributed by atoms with Crippen molar-refractivity contribution < 1.29 is 9.21 Å². The number of carbonyl (C=O) groups is 1. The summed E-state index contributed by atoms with van der Waals surface area (Å²) in [6, 6.07) is 13.3. The predicted octanol–water partition coefficient (Wildman–Crippen LogP) is 3.89. The summed E-state index contributed by atoms with van der Waals surface area (Å²) in [4.78, 5) is 16.7. The Hall–Kier alpha value is -2.88. The van der Waals surface area contributed by atoms with Crippen LogP contribution in [0.1, 0.15) is 27.0 Å². The van der Waals surface area contributed by atoms with Gasteiger partial charge in [0.25, 0.3) is 5.91 Å². The molecule has 2 heterocycles. The first-order chi connectivity index (χ1) is 11.1. The van der Waals surface area contributed by atoms with Crippen molar-refractivity contribution in [2.24, 2.45) is 0 Å². The van der Waals surface area contributed by atoms with Crippen LogP contribution in [0.5, 0.6) is 0 Å². The molecule has 0 aliphatic rings. The second kappa shape index (κ2) is 6.48. The molecule has 0 atom stereocenters. The number of hydrogen-bond acceptors (Lipinski definition) is 3. The topological polar surface area (TPSA) is 55.1 Å². The molecule has 0 radical (unpaired) electrons. The van der Waals surface area contributed by atoms with E-state index in [4.69, 9.17) is 4.42 Å². The maximum absolute atomic E-state index is 12.4. The molecular weight excluding hydrogens is 288 g/mol. The van der Waals surface area contributed by atoms with Gasteiger partial charge in [-0.05, 0) is 44.2 Å². The number of furan rings is 1. The van der Waals surface area contributed by atoms with Gasteiger partial charge in [-0.2, -0.15) is 0 Å². The third kappa shape index (κ3) is 3.48. The lowest BCUT2D eigenvalue weighted by molar-refractivity contribution is 0.0950. The highest BCUT2D eigenvalue weighted by molar-refractivity contribution is 5.94. The zero-order chi connectivity index (χ0) is 16.2. The lowest BCUT2D eigenvalue weighted by Gasteiger charge is -2.09. The second-order valence-electron chi connectivity index (χ2n) is 5.55. The number of pyridine rings is 1. The lowest BCUT2D eigenvalue weighted by Crippen LogP contribution is -2.23. The molecule has 0 fully saturated rings. The van der Waals surface area contributed by atoms with Crippen LogP contribution < -0.4 is 5.32 Å². The number of carbonyl (C=O) groups excluding carboxylic acids is 1. The van der Waals surface area contributed by atoms with Gasteiger partial charge in [-0.15, -0.1) is 0 Å². The molecule has 4 heteroatoms. The van der Waals surface area contributed by atoms with Gasteiger partial charge in [0, 0.05) is 23.9 Å². The molecule has 0 saturated carbocycles. The van der Waals surface area contributed by atoms with Gasteiger partial charge in [-0.3, -0.25) is 9.78 Å². The first-order valence-electron chi connectivity index (χ1n) is 7.48. The van der Waals surface area contributed by atoms with Crippen LogP contribution in [0.3, 0.4) is 0 Å². The Bertz CT molecular complexity index is 803. The van der Waals surface area contributed by atoms with Gasteiger partial charge in [0.1, 0.15) is 5.69 Å². The van der Waals surface area contributed by atoms with Crippen molar-refractivity contribution in [2.75, 3.05) is 0 Å². The number of hydrogen-bond donors (Lipinski definition) is 1. The van der Waals surface area contributed by atoms with Crippen molar-refractivity contribution in [3.8, 4) is 11.5 Å². The van der Waals surface area contributed by atoms with E-state index in [1.165, 1.54) is 0 Å². The average Bonchev–Trinajstić information content (AvgIpc) is 3.06. The van der Waals surface area contributed by atoms with Crippen LogP contribution in [-0.2, 0) is 6.54 Å².